The monoisotopic (exact) mass is 230 g/mol. The summed E-state index contributed by atoms with van der Waals surface area (Å²) in [5, 5.41) is 0.639. The minimum Gasteiger partial charge on any atom is -0.347 e. The van der Waals surface area contributed by atoms with E-state index in [1.54, 1.807) is 6.20 Å². The Balaban J connectivity index is 2.92. The molecule has 0 amide bonds. The van der Waals surface area contributed by atoms with Crippen molar-refractivity contribution in [1.82, 2.24) is 9.97 Å². The first-order valence-electron chi connectivity index (χ1n) is 3.07. The summed E-state index contributed by atoms with van der Waals surface area (Å²) in [6, 6.07) is 3.79. The largest absolute Gasteiger partial charge is 0.347 e. The fraction of sp³-hybridized carbons (Fsp3) is 0. The van der Waals surface area contributed by atoms with Crippen LogP contribution in [0, 0.1) is 0 Å². The average molecular weight is 231 g/mol. The number of aromatic amines is 1. The topological polar surface area (TPSA) is 28.7 Å². The molecule has 0 aromatic carbocycles. The smallest absolute Gasteiger partial charge is 0.108 e. The van der Waals surface area contributed by atoms with Crippen LogP contribution in [0.3, 0.4) is 0 Å². The number of H-pyrrole nitrogens is 1. The summed E-state index contributed by atoms with van der Waals surface area (Å²) >= 11 is 9.18. The van der Waals surface area contributed by atoms with Crippen molar-refractivity contribution >= 4 is 38.6 Å². The standard InChI is InChI=1S/C7H4BrClN2/c8-7-5(9)6-4(11-7)2-1-3-10-6/h1-3,11H. The van der Waals surface area contributed by atoms with E-state index in [-0.39, 0.29) is 0 Å². The van der Waals surface area contributed by atoms with Gasteiger partial charge in [-0.05, 0) is 28.1 Å². The van der Waals surface area contributed by atoms with Gasteiger partial charge in [0.2, 0.25) is 0 Å². The van der Waals surface area contributed by atoms with Crippen molar-refractivity contribution < 1.29 is 0 Å². The molecule has 2 rings (SSSR count). The Bertz CT molecular complexity index is 396. The Morgan fingerprint density at radius 1 is 1.55 bits per heavy atom. The minimum atomic E-state index is 0.639. The fourth-order valence-corrected chi connectivity index (χ4v) is 1.56. The van der Waals surface area contributed by atoms with Crippen molar-refractivity contribution in [1.29, 1.82) is 0 Å². The summed E-state index contributed by atoms with van der Waals surface area (Å²) in [5.74, 6) is 0. The van der Waals surface area contributed by atoms with E-state index < -0.39 is 0 Å². The van der Waals surface area contributed by atoms with Crippen molar-refractivity contribution in [3.8, 4) is 0 Å². The molecule has 2 heterocycles. The van der Waals surface area contributed by atoms with E-state index >= 15 is 0 Å². The van der Waals surface area contributed by atoms with Gasteiger partial charge in [0.1, 0.15) is 10.1 Å². The number of nitrogens with zero attached hydrogens (tertiary/aromatic N) is 1. The highest BCUT2D eigenvalue weighted by atomic mass is 79.9. The zero-order valence-corrected chi connectivity index (χ0v) is 7.78. The van der Waals surface area contributed by atoms with Crippen molar-refractivity contribution in [3.05, 3.63) is 28.0 Å². The second-order valence-electron chi connectivity index (χ2n) is 2.15. The summed E-state index contributed by atoms with van der Waals surface area (Å²) in [6.45, 7) is 0. The van der Waals surface area contributed by atoms with Crippen LogP contribution in [0.15, 0.2) is 22.9 Å². The van der Waals surface area contributed by atoms with Gasteiger partial charge in [0.05, 0.1) is 10.5 Å². The Kier molecular flexibility index (Phi) is 1.62. The molecular weight excluding hydrogens is 227 g/mol. The van der Waals surface area contributed by atoms with Crippen LogP contribution in [0.25, 0.3) is 11.0 Å². The zero-order chi connectivity index (χ0) is 7.84. The molecule has 2 aromatic rings. The van der Waals surface area contributed by atoms with Crippen LogP contribution < -0.4 is 0 Å². The SMILES string of the molecule is Clc1c(Br)[nH]c2cccnc12. The van der Waals surface area contributed by atoms with Crippen LogP contribution in [0.2, 0.25) is 5.02 Å². The summed E-state index contributed by atoms with van der Waals surface area (Å²) < 4.78 is 0.785. The Hall–Kier alpha value is -0.540. The fourth-order valence-electron chi connectivity index (χ4n) is 0.958. The lowest BCUT2D eigenvalue weighted by molar-refractivity contribution is 1.39. The average Bonchev–Trinajstić information content (AvgIpc) is 2.30. The van der Waals surface area contributed by atoms with E-state index in [0.29, 0.717) is 5.02 Å². The molecule has 2 nitrogen and oxygen atoms in total. The Labute approximate surface area is 76.7 Å². The van der Waals surface area contributed by atoms with E-state index in [1.165, 1.54) is 0 Å². The predicted octanol–water partition coefficient (Wildman–Crippen LogP) is 2.98. The molecule has 0 aliphatic heterocycles. The first-order chi connectivity index (χ1) is 5.29. The Morgan fingerprint density at radius 3 is 3.09 bits per heavy atom. The molecule has 0 aliphatic rings. The molecule has 0 saturated heterocycles. The summed E-state index contributed by atoms with van der Waals surface area (Å²) in [5.41, 5.74) is 1.76. The number of halogens is 2. The molecule has 2 aromatic heterocycles. The maximum atomic E-state index is 5.90. The van der Waals surface area contributed by atoms with Crippen molar-refractivity contribution in [2.45, 2.75) is 0 Å². The van der Waals surface area contributed by atoms with E-state index in [0.717, 1.165) is 15.6 Å². The van der Waals surface area contributed by atoms with Crippen LogP contribution in [0.4, 0.5) is 0 Å². The van der Waals surface area contributed by atoms with Crippen LogP contribution in [-0.2, 0) is 0 Å². The zero-order valence-electron chi connectivity index (χ0n) is 5.44. The van der Waals surface area contributed by atoms with Crippen LogP contribution in [0.1, 0.15) is 0 Å². The number of pyridine rings is 1. The molecule has 0 atom stereocenters. The van der Waals surface area contributed by atoms with E-state index in [9.17, 15) is 0 Å². The molecule has 1 N–H and O–H groups in total. The second-order valence-corrected chi connectivity index (χ2v) is 3.32. The second kappa shape index (κ2) is 2.50. The highest BCUT2D eigenvalue weighted by Crippen LogP contribution is 2.28. The molecule has 0 saturated carbocycles. The molecule has 56 valence electrons. The first kappa shape index (κ1) is 7.13. The van der Waals surface area contributed by atoms with Gasteiger partial charge in [-0.15, -0.1) is 0 Å². The lowest BCUT2D eigenvalue weighted by Crippen LogP contribution is -1.70. The van der Waals surface area contributed by atoms with Gasteiger partial charge in [-0.2, -0.15) is 0 Å². The molecule has 4 heteroatoms. The van der Waals surface area contributed by atoms with E-state index in [2.05, 4.69) is 25.9 Å². The quantitative estimate of drug-likeness (QED) is 0.742. The minimum absolute atomic E-state index is 0.639. The maximum absolute atomic E-state index is 5.90. The van der Waals surface area contributed by atoms with Crippen molar-refractivity contribution in [2.24, 2.45) is 0 Å². The van der Waals surface area contributed by atoms with Gasteiger partial charge in [0.15, 0.2) is 0 Å². The number of rotatable bonds is 0. The highest BCUT2D eigenvalue weighted by molar-refractivity contribution is 9.10. The first-order valence-corrected chi connectivity index (χ1v) is 4.24. The van der Waals surface area contributed by atoms with Crippen LogP contribution in [0.5, 0.6) is 0 Å². The van der Waals surface area contributed by atoms with Gasteiger partial charge in [-0.1, -0.05) is 11.6 Å². The van der Waals surface area contributed by atoms with Gasteiger partial charge in [0, 0.05) is 6.20 Å². The molecule has 0 radical (unpaired) electrons. The molecule has 0 aliphatic carbocycles. The maximum Gasteiger partial charge on any atom is 0.108 e. The van der Waals surface area contributed by atoms with E-state index in [4.69, 9.17) is 11.6 Å². The van der Waals surface area contributed by atoms with Gasteiger partial charge < -0.3 is 4.98 Å². The van der Waals surface area contributed by atoms with Gasteiger partial charge in [-0.25, -0.2) is 0 Å². The van der Waals surface area contributed by atoms with Gasteiger partial charge in [-0.3, -0.25) is 4.98 Å². The number of aromatic nitrogens is 2. The predicted molar refractivity (Wildman–Crippen MR) is 48.8 cm³/mol. The van der Waals surface area contributed by atoms with Gasteiger partial charge >= 0.3 is 0 Å². The third-order valence-electron chi connectivity index (χ3n) is 1.45. The number of hydrogen-bond donors (Lipinski definition) is 1. The van der Waals surface area contributed by atoms with Crippen LogP contribution in [-0.4, -0.2) is 9.97 Å². The van der Waals surface area contributed by atoms with E-state index in [1.807, 2.05) is 12.1 Å². The molecule has 0 unspecified atom stereocenters. The third-order valence-corrected chi connectivity index (χ3v) is 2.64. The van der Waals surface area contributed by atoms with Crippen molar-refractivity contribution in [3.63, 3.8) is 0 Å². The molecule has 11 heavy (non-hydrogen) atoms. The summed E-state index contributed by atoms with van der Waals surface area (Å²) in [6.07, 6.45) is 1.72. The lowest BCUT2D eigenvalue weighted by Gasteiger charge is -1.84. The number of hydrogen-bond acceptors (Lipinski definition) is 1. The molecule has 0 bridgehead atoms. The summed E-state index contributed by atoms with van der Waals surface area (Å²) in [7, 11) is 0. The van der Waals surface area contributed by atoms with Crippen molar-refractivity contribution in [2.75, 3.05) is 0 Å². The molecule has 0 fully saturated rings. The molecular formula is C7H4BrClN2. The number of nitrogens with one attached hydrogen (secondary N) is 1. The lowest BCUT2D eigenvalue weighted by atomic mass is 10.4. The van der Waals surface area contributed by atoms with Gasteiger partial charge in [0.25, 0.3) is 0 Å². The third kappa shape index (κ3) is 1.04. The normalized spacial score (nSPS) is 10.7. The number of fused-ring (bicyclic) bond motifs is 1. The Morgan fingerprint density at radius 2 is 2.36 bits per heavy atom. The highest BCUT2D eigenvalue weighted by Gasteiger charge is 2.05. The molecule has 0 spiro atoms. The summed E-state index contributed by atoms with van der Waals surface area (Å²) in [4.78, 5) is 7.16. The van der Waals surface area contributed by atoms with Crippen LogP contribution >= 0.6 is 27.5 Å².